The molecule has 32 heavy (non-hydrogen) atoms. The van der Waals surface area contributed by atoms with Crippen LogP contribution >= 0.6 is 0 Å². The van der Waals surface area contributed by atoms with Gasteiger partial charge < -0.3 is 9.64 Å². The van der Waals surface area contributed by atoms with Gasteiger partial charge in [-0.2, -0.15) is 0 Å². The van der Waals surface area contributed by atoms with E-state index in [1.807, 2.05) is 76.3 Å². The molecule has 1 aliphatic rings. The van der Waals surface area contributed by atoms with Crippen molar-refractivity contribution in [2.45, 2.75) is 25.8 Å². The minimum Gasteiger partial charge on any atom is -0.457 e. The fourth-order valence-electron chi connectivity index (χ4n) is 4.17. The Morgan fingerprint density at radius 3 is 2.66 bits per heavy atom. The van der Waals surface area contributed by atoms with Gasteiger partial charge in [0.25, 0.3) is 5.91 Å². The molecule has 1 atom stereocenters. The number of benzene rings is 2. The smallest absolute Gasteiger partial charge is 0.299 e. The van der Waals surface area contributed by atoms with Crippen LogP contribution in [0.2, 0.25) is 0 Å². The molecule has 0 bridgehead atoms. The van der Waals surface area contributed by atoms with Crippen molar-refractivity contribution < 1.29 is 9.53 Å². The maximum atomic E-state index is 12.5. The van der Waals surface area contributed by atoms with E-state index < -0.39 is 0 Å². The molecule has 5 rings (SSSR count). The van der Waals surface area contributed by atoms with Gasteiger partial charge in [0.1, 0.15) is 17.3 Å². The van der Waals surface area contributed by atoms with Crippen LogP contribution in [-0.4, -0.2) is 31.7 Å². The van der Waals surface area contributed by atoms with Crippen LogP contribution in [0.5, 0.6) is 11.5 Å². The standard InChI is InChI=1S/C26H22N4O2/c1-2-7-24(31)29-16-6-10-22(29)26-28-25(23-18-27-15-17-30(23)26)19-11-13-21(14-12-19)32-20-8-4-3-5-9-20/h3-5,8-9,11-15,17-18,22H,6,10,16H2,1H3. The third-order valence-electron chi connectivity index (χ3n) is 5.62. The fourth-order valence-corrected chi connectivity index (χ4v) is 4.17. The van der Waals surface area contributed by atoms with Gasteiger partial charge in [0.2, 0.25) is 0 Å². The third-order valence-corrected chi connectivity index (χ3v) is 5.62. The van der Waals surface area contributed by atoms with E-state index in [0.29, 0.717) is 6.54 Å². The Kier molecular flexibility index (Phi) is 5.30. The number of rotatable bonds is 4. The van der Waals surface area contributed by atoms with Crippen molar-refractivity contribution in [3.8, 4) is 34.6 Å². The molecule has 3 heterocycles. The molecule has 1 amide bonds. The van der Waals surface area contributed by atoms with Crippen molar-refractivity contribution in [2.75, 3.05) is 6.54 Å². The van der Waals surface area contributed by atoms with Crippen LogP contribution in [0.3, 0.4) is 0 Å². The van der Waals surface area contributed by atoms with Crippen LogP contribution in [0.1, 0.15) is 31.6 Å². The zero-order valence-corrected chi connectivity index (χ0v) is 17.7. The summed E-state index contributed by atoms with van der Waals surface area (Å²) in [5, 5.41) is 0. The molecule has 6 heteroatoms. The summed E-state index contributed by atoms with van der Waals surface area (Å²) in [6.45, 7) is 2.38. The highest BCUT2D eigenvalue weighted by molar-refractivity contribution is 5.94. The first-order valence-electron chi connectivity index (χ1n) is 10.6. The number of hydrogen-bond donors (Lipinski definition) is 0. The predicted molar refractivity (Wildman–Crippen MR) is 122 cm³/mol. The van der Waals surface area contributed by atoms with Crippen molar-refractivity contribution in [2.24, 2.45) is 0 Å². The van der Waals surface area contributed by atoms with E-state index in [1.54, 1.807) is 13.1 Å². The van der Waals surface area contributed by atoms with Gasteiger partial charge in [0.15, 0.2) is 0 Å². The van der Waals surface area contributed by atoms with Crippen molar-refractivity contribution >= 4 is 11.4 Å². The molecule has 2 aromatic heterocycles. The highest BCUT2D eigenvalue weighted by Gasteiger charge is 2.33. The number of hydrogen-bond acceptors (Lipinski definition) is 4. The van der Waals surface area contributed by atoms with Crippen LogP contribution in [-0.2, 0) is 4.79 Å². The van der Waals surface area contributed by atoms with E-state index >= 15 is 0 Å². The van der Waals surface area contributed by atoms with Crippen molar-refractivity contribution in [1.82, 2.24) is 19.3 Å². The second-order valence-electron chi connectivity index (χ2n) is 7.62. The zero-order valence-electron chi connectivity index (χ0n) is 17.7. The minimum absolute atomic E-state index is 0.104. The quantitative estimate of drug-likeness (QED) is 0.440. The van der Waals surface area contributed by atoms with Gasteiger partial charge in [-0.15, -0.1) is 0 Å². The number of amides is 1. The SMILES string of the molecule is CC#CC(=O)N1CCCC1c1nc(-c2ccc(Oc3ccccc3)cc2)c2cnccn12. The minimum atomic E-state index is -0.148. The average molecular weight is 422 g/mol. The average Bonchev–Trinajstić information content (AvgIpc) is 3.46. The van der Waals surface area contributed by atoms with E-state index in [4.69, 9.17) is 9.72 Å². The van der Waals surface area contributed by atoms with Gasteiger partial charge in [-0.1, -0.05) is 24.1 Å². The summed E-state index contributed by atoms with van der Waals surface area (Å²) in [5.41, 5.74) is 2.70. The summed E-state index contributed by atoms with van der Waals surface area (Å²) in [6.07, 6.45) is 7.25. The molecule has 6 nitrogen and oxygen atoms in total. The molecule has 4 aromatic rings. The Labute approximate surface area is 186 Å². The first-order chi connectivity index (χ1) is 15.7. The molecule has 1 aliphatic heterocycles. The number of aromatic nitrogens is 3. The summed E-state index contributed by atoms with van der Waals surface area (Å²) in [4.78, 5) is 23.6. The van der Waals surface area contributed by atoms with E-state index in [1.165, 1.54) is 0 Å². The Morgan fingerprint density at radius 1 is 1.09 bits per heavy atom. The lowest BCUT2D eigenvalue weighted by atomic mass is 10.1. The molecule has 0 aliphatic carbocycles. The lowest BCUT2D eigenvalue weighted by Crippen LogP contribution is -2.30. The Bertz CT molecular complexity index is 1320. The van der Waals surface area contributed by atoms with E-state index in [2.05, 4.69) is 16.8 Å². The second kappa shape index (κ2) is 8.56. The summed E-state index contributed by atoms with van der Waals surface area (Å²) in [6, 6.07) is 17.5. The third kappa shape index (κ3) is 3.69. The molecule has 2 aromatic carbocycles. The van der Waals surface area contributed by atoms with Crippen LogP contribution in [0.15, 0.2) is 73.2 Å². The van der Waals surface area contributed by atoms with Crippen molar-refractivity contribution in [3.05, 3.63) is 79.0 Å². The Hall–Kier alpha value is -4.11. The maximum absolute atomic E-state index is 12.5. The number of nitrogens with zero attached hydrogens (tertiary/aromatic N) is 4. The lowest BCUT2D eigenvalue weighted by Gasteiger charge is -2.21. The molecule has 0 N–H and O–H groups in total. The van der Waals surface area contributed by atoms with E-state index in [9.17, 15) is 4.79 Å². The topological polar surface area (TPSA) is 59.7 Å². The highest BCUT2D eigenvalue weighted by atomic mass is 16.5. The van der Waals surface area contributed by atoms with Gasteiger partial charge in [-0.3, -0.25) is 14.2 Å². The number of fused-ring (bicyclic) bond motifs is 1. The zero-order chi connectivity index (χ0) is 21.9. The summed E-state index contributed by atoms with van der Waals surface area (Å²) >= 11 is 0. The van der Waals surface area contributed by atoms with Crippen molar-refractivity contribution in [1.29, 1.82) is 0 Å². The summed E-state index contributed by atoms with van der Waals surface area (Å²) < 4.78 is 7.95. The number of para-hydroxylation sites is 1. The summed E-state index contributed by atoms with van der Waals surface area (Å²) in [5.74, 6) is 7.63. The maximum Gasteiger partial charge on any atom is 0.299 e. The lowest BCUT2D eigenvalue weighted by molar-refractivity contribution is -0.126. The normalized spacial score (nSPS) is 15.4. The Morgan fingerprint density at radius 2 is 1.88 bits per heavy atom. The van der Waals surface area contributed by atoms with Crippen LogP contribution in [0.25, 0.3) is 16.8 Å². The predicted octanol–water partition coefficient (Wildman–Crippen LogP) is 4.88. The monoisotopic (exact) mass is 422 g/mol. The fraction of sp³-hybridized carbons (Fsp3) is 0.192. The summed E-state index contributed by atoms with van der Waals surface area (Å²) in [7, 11) is 0. The van der Waals surface area contributed by atoms with Crippen LogP contribution in [0, 0.1) is 11.8 Å². The van der Waals surface area contributed by atoms with Crippen molar-refractivity contribution in [3.63, 3.8) is 0 Å². The molecule has 1 unspecified atom stereocenters. The highest BCUT2D eigenvalue weighted by Crippen LogP contribution is 2.35. The van der Waals surface area contributed by atoms with Crippen LogP contribution < -0.4 is 4.74 Å². The Balaban J connectivity index is 1.50. The molecule has 0 saturated carbocycles. The molecule has 158 valence electrons. The molecule has 1 fully saturated rings. The van der Waals surface area contributed by atoms with Gasteiger partial charge in [0.05, 0.1) is 23.4 Å². The van der Waals surface area contributed by atoms with E-state index in [-0.39, 0.29) is 11.9 Å². The number of imidazole rings is 1. The van der Waals surface area contributed by atoms with Crippen LogP contribution in [0.4, 0.5) is 0 Å². The first-order valence-corrected chi connectivity index (χ1v) is 10.6. The number of carbonyl (C=O) groups excluding carboxylic acids is 1. The molecular weight excluding hydrogens is 400 g/mol. The number of likely N-dealkylation sites (tertiary alicyclic amines) is 1. The number of ether oxygens (including phenoxy) is 1. The van der Waals surface area contributed by atoms with Gasteiger partial charge >= 0.3 is 0 Å². The van der Waals surface area contributed by atoms with Gasteiger partial charge in [0, 0.05) is 24.5 Å². The largest absolute Gasteiger partial charge is 0.457 e. The molecule has 0 spiro atoms. The molecular formula is C26H22N4O2. The van der Waals surface area contributed by atoms with Gasteiger partial charge in [-0.25, -0.2) is 4.98 Å². The van der Waals surface area contributed by atoms with Gasteiger partial charge in [-0.05, 0) is 62.1 Å². The second-order valence-corrected chi connectivity index (χ2v) is 7.62. The molecule has 0 radical (unpaired) electrons. The van der Waals surface area contributed by atoms with E-state index in [0.717, 1.165) is 46.9 Å². The first kappa shape index (κ1) is 19.8. The number of carbonyl (C=O) groups is 1. The molecule has 1 saturated heterocycles.